The smallest absolute Gasteiger partial charge is 0.335 e. The summed E-state index contributed by atoms with van der Waals surface area (Å²) in [4.78, 5) is 15.6. The van der Waals surface area contributed by atoms with Gasteiger partial charge < -0.3 is 10.4 Å². The largest absolute Gasteiger partial charge is 0.478 e. The summed E-state index contributed by atoms with van der Waals surface area (Å²) >= 11 is 12.0. The average molecular weight is 325 g/mol. The molecule has 21 heavy (non-hydrogen) atoms. The maximum absolute atomic E-state index is 11.2. The first-order chi connectivity index (χ1) is 9.86. The molecule has 2 N–H and O–H groups in total. The third-order valence-corrected chi connectivity index (χ3v) is 3.44. The number of aromatic nitrogens is 1. The maximum atomic E-state index is 11.2. The Morgan fingerprint density at radius 2 is 1.95 bits per heavy atom. The molecule has 4 nitrogen and oxygen atoms in total. The summed E-state index contributed by atoms with van der Waals surface area (Å²) in [6.45, 7) is 3.90. The molecule has 1 aromatic heterocycles. The van der Waals surface area contributed by atoms with Gasteiger partial charge in [-0.05, 0) is 36.2 Å². The molecule has 0 aliphatic carbocycles. The lowest BCUT2D eigenvalue weighted by molar-refractivity contribution is 0.0696. The molecule has 110 valence electrons. The van der Waals surface area contributed by atoms with Gasteiger partial charge in [0.05, 0.1) is 16.3 Å². The van der Waals surface area contributed by atoms with E-state index in [2.05, 4.69) is 10.3 Å². The van der Waals surface area contributed by atoms with E-state index in [0.717, 1.165) is 0 Å². The first kappa shape index (κ1) is 15.6. The minimum Gasteiger partial charge on any atom is -0.478 e. The van der Waals surface area contributed by atoms with E-state index >= 15 is 0 Å². The van der Waals surface area contributed by atoms with Crippen molar-refractivity contribution in [1.82, 2.24) is 4.98 Å². The molecule has 0 atom stereocenters. The SMILES string of the molecule is CC(C)c1cc(C(=O)O)cc(Nc2cc(Cl)ccc2Cl)n1. The summed E-state index contributed by atoms with van der Waals surface area (Å²) in [6, 6.07) is 8.03. The van der Waals surface area contributed by atoms with Crippen LogP contribution in [0.4, 0.5) is 11.5 Å². The van der Waals surface area contributed by atoms with E-state index in [9.17, 15) is 9.90 Å². The highest BCUT2D eigenvalue weighted by Gasteiger charge is 2.12. The molecular formula is C15H14Cl2N2O2. The summed E-state index contributed by atoms with van der Waals surface area (Å²) in [5, 5.41) is 13.2. The van der Waals surface area contributed by atoms with Gasteiger partial charge in [-0.15, -0.1) is 0 Å². The van der Waals surface area contributed by atoms with Gasteiger partial charge >= 0.3 is 5.97 Å². The van der Waals surface area contributed by atoms with Crippen LogP contribution in [0.5, 0.6) is 0 Å². The number of pyridine rings is 1. The molecule has 6 heteroatoms. The van der Waals surface area contributed by atoms with E-state index in [-0.39, 0.29) is 11.5 Å². The number of carboxylic acid groups (broad SMARTS) is 1. The Hall–Kier alpha value is -1.78. The van der Waals surface area contributed by atoms with Gasteiger partial charge in [-0.25, -0.2) is 9.78 Å². The molecule has 0 aliphatic heterocycles. The predicted molar refractivity (Wildman–Crippen MR) is 85.0 cm³/mol. The van der Waals surface area contributed by atoms with Crippen molar-refractivity contribution >= 4 is 40.7 Å². The van der Waals surface area contributed by atoms with Crippen LogP contribution in [0.3, 0.4) is 0 Å². The summed E-state index contributed by atoms with van der Waals surface area (Å²) in [5.41, 5.74) is 1.44. The number of benzene rings is 1. The standard InChI is InChI=1S/C15H14Cl2N2O2/c1-8(2)12-5-9(15(20)21)6-14(18-12)19-13-7-10(16)3-4-11(13)17/h3-8H,1-2H3,(H,18,19)(H,20,21). The van der Waals surface area contributed by atoms with E-state index in [1.807, 2.05) is 13.8 Å². The lowest BCUT2D eigenvalue weighted by Crippen LogP contribution is -2.05. The van der Waals surface area contributed by atoms with Crippen LogP contribution in [0.2, 0.25) is 10.0 Å². The third-order valence-electron chi connectivity index (χ3n) is 2.87. The maximum Gasteiger partial charge on any atom is 0.335 e. The van der Waals surface area contributed by atoms with Gasteiger partial charge in [0.2, 0.25) is 0 Å². The van der Waals surface area contributed by atoms with Gasteiger partial charge in [0, 0.05) is 10.7 Å². The van der Waals surface area contributed by atoms with Gasteiger partial charge in [0.1, 0.15) is 5.82 Å². The Morgan fingerprint density at radius 1 is 1.24 bits per heavy atom. The number of nitrogens with one attached hydrogen (secondary N) is 1. The van der Waals surface area contributed by atoms with Crippen molar-refractivity contribution < 1.29 is 9.90 Å². The van der Waals surface area contributed by atoms with Crippen LogP contribution in [0.1, 0.15) is 35.8 Å². The number of halogens is 2. The number of carbonyl (C=O) groups is 1. The molecule has 1 aromatic carbocycles. The molecule has 0 saturated heterocycles. The van der Waals surface area contributed by atoms with Crippen molar-refractivity contribution in [1.29, 1.82) is 0 Å². The van der Waals surface area contributed by atoms with Crippen LogP contribution >= 0.6 is 23.2 Å². The second-order valence-corrected chi connectivity index (χ2v) is 5.72. The predicted octanol–water partition coefficient (Wildman–Crippen LogP) is 4.95. The normalized spacial score (nSPS) is 10.7. The summed E-state index contributed by atoms with van der Waals surface area (Å²) in [5.74, 6) is -0.470. The fourth-order valence-electron chi connectivity index (χ4n) is 1.77. The highest BCUT2D eigenvalue weighted by molar-refractivity contribution is 6.35. The Balaban J connectivity index is 2.43. The van der Waals surface area contributed by atoms with E-state index in [1.165, 1.54) is 6.07 Å². The highest BCUT2D eigenvalue weighted by atomic mass is 35.5. The summed E-state index contributed by atoms with van der Waals surface area (Å²) in [7, 11) is 0. The number of nitrogens with zero attached hydrogens (tertiary/aromatic N) is 1. The molecule has 0 saturated carbocycles. The Labute approximate surface area is 132 Å². The van der Waals surface area contributed by atoms with Crippen LogP contribution in [-0.4, -0.2) is 16.1 Å². The van der Waals surface area contributed by atoms with Crippen LogP contribution in [0.25, 0.3) is 0 Å². The number of carboxylic acids is 1. The van der Waals surface area contributed by atoms with Gasteiger partial charge in [-0.2, -0.15) is 0 Å². The molecule has 0 aliphatic rings. The van der Waals surface area contributed by atoms with E-state index in [4.69, 9.17) is 23.2 Å². The molecule has 1 heterocycles. The number of hydrogen-bond acceptors (Lipinski definition) is 3. The van der Waals surface area contributed by atoms with E-state index < -0.39 is 5.97 Å². The van der Waals surface area contributed by atoms with E-state index in [1.54, 1.807) is 24.3 Å². The molecule has 2 aromatic rings. The van der Waals surface area contributed by atoms with Gasteiger partial charge in [0.15, 0.2) is 0 Å². The third kappa shape index (κ3) is 3.86. The lowest BCUT2D eigenvalue weighted by atomic mass is 10.1. The molecule has 0 amide bonds. The summed E-state index contributed by atoms with van der Waals surface area (Å²) in [6.07, 6.45) is 0. The van der Waals surface area contributed by atoms with Crippen molar-refractivity contribution in [3.8, 4) is 0 Å². The fraction of sp³-hybridized carbons (Fsp3) is 0.200. The van der Waals surface area contributed by atoms with Crippen LogP contribution in [-0.2, 0) is 0 Å². The summed E-state index contributed by atoms with van der Waals surface area (Å²) < 4.78 is 0. The Morgan fingerprint density at radius 3 is 2.57 bits per heavy atom. The Bertz CT molecular complexity index is 687. The first-order valence-electron chi connectivity index (χ1n) is 6.34. The minimum atomic E-state index is -1.00. The zero-order valence-corrected chi connectivity index (χ0v) is 13.0. The van der Waals surface area contributed by atoms with Crippen molar-refractivity contribution in [2.45, 2.75) is 19.8 Å². The molecule has 2 rings (SSSR count). The lowest BCUT2D eigenvalue weighted by Gasteiger charge is -2.12. The topological polar surface area (TPSA) is 62.2 Å². The molecular weight excluding hydrogens is 311 g/mol. The Kier molecular flexibility index (Phi) is 4.70. The highest BCUT2D eigenvalue weighted by Crippen LogP contribution is 2.29. The second-order valence-electron chi connectivity index (χ2n) is 4.87. The number of rotatable bonds is 4. The van der Waals surface area contributed by atoms with Crippen LogP contribution in [0, 0.1) is 0 Å². The van der Waals surface area contributed by atoms with Crippen LogP contribution in [0.15, 0.2) is 30.3 Å². The van der Waals surface area contributed by atoms with Crippen molar-refractivity contribution in [3.63, 3.8) is 0 Å². The number of anilines is 2. The fourth-order valence-corrected chi connectivity index (χ4v) is 2.10. The number of hydrogen-bond donors (Lipinski definition) is 2. The zero-order valence-electron chi connectivity index (χ0n) is 11.5. The first-order valence-corrected chi connectivity index (χ1v) is 7.09. The molecule has 0 spiro atoms. The molecule has 0 unspecified atom stereocenters. The monoisotopic (exact) mass is 324 g/mol. The van der Waals surface area contributed by atoms with Crippen molar-refractivity contribution in [3.05, 3.63) is 51.6 Å². The quantitative estimate of drug-likeness (QED) is 0.834. The van der Waals surface area contributed by atoms with Gasteiger partial charge in [-0.3, -0.25) is 0 Å². The molecule has 0 fully saturated rings. The van der Waals surface area contributed by atoms with Crippen molar-refractivity contribution in [2.75, 3.05) is 5.32 Å². The van der Waals surface area contributed by atoms with Gasteiger partial charge in [-0.1, -0.05) is 37.0 Å². The van der Waals surface area contributed by atoms with E-state index in [0.29, 0.717) is 27.2 Å². The van der Waals surface area contributed by atoms with Crippen molar-refractivity contribution in [2.24, 2.45) is 0 Å². The van der Waals surface area contributed by atoms with Crippen LogP contribution < -0.4 is 5.32 Å². The second kappa shape index (κ2) is 6.33. The average Bonchev–Trinajstić information content (AvgIpc) is 2.42. The number of aromatic carboxylic acids is 1. The minimum absolute atomic E-state index is 0.111. The van der Waals surface area contributed by atoms with Gasteiger partial charge in [0.25, 0.3) is 0 Å². The molecule has 0 radical (unpaired) electrons. The molecule has 0 bridgehead atoms. The zero-order chi connectivity index (χ0) is 15.6.